The van der Waals surface area contributed by atoms with Crippen LogP contribution in [0.1, 0.15) is 122 Å². The molecule has 503 valence electrons. The van der Waals surface area contributed by atoms with Gasteiger partial charge in [-0.3, -0.25) is 0 Å². The van der Waals surface area contributed by atoms with Gasteiger partial charge in [-0.05, 0) is 133 Å². The van der Waals surface area contributed by atoms with E-state index in [1.54, 1.807) is 0 Å². The molecule has 0 atom stereocenters. The van der Waals surface area contributed by atoms with Crippen LogP contribution >= 0.6 is 31.7 Å². The predicted octanol–water partition coefficient (Wildman–Crippen LogP) is 8.55. The van der Waals surface area contributed by atoms with E-state index in [1.165, 1.54) is 118 Å². The van der Waals surface area contributed by atoms with Crippen LogP contribution in [0.4, 0.5) is 0 Å². The second kappa shape index (κ2) is 125. The number of hydrogen-bond acceptors (Lipinski definition) is 5. The number of piperidine rings is 3. The molecule has 15 radical (unpaired) electrons. The average Bonchev–Trinajstić information content (AvgIpc) is 3.30. The van der Waals surface area contributed by atoms with Gasteiger partial charge in [0, 0.05) is 143 Å². The molecule has 0 aromatic carbocycles. The number of rotatable bonds is 14. The van der Waals surface area contributed by atoms with Gasteiger partial charge in [0.1, 0.15) is 4.91 Å². The Labute approximate surface area is 689 Å². The summed E-state index contributed by atoms with van der Waals surface area (Å²) in [6, 6.07) is 0. The topological polar surface area (TPSA) is 277 Å². The zero-order valence-corrected chi connectivity index (χ0v) is 88.8. The van der Waals surface area contributed by atoms with Crippen LogP contribution in [-0.2, 0) is 160 Å². The Morgan fingerprint density at radius 3 is 0.741 bits per heavy atom. The summed E-state index contributed by atoms with van der Waals surface area (Å²) in [6.45, 7) is 35.1. The number of allylic oxidation sites excluding steroid dienone is 2. The average molecular weight is 3010 g/mol. The normalized spacial score (nSPS) is 12.4. The molecule has 4 aliphatic rings. The molecular formula is C44H110CoN8O9P4Re7Se8+3. The van der Waals surface area contributed by atoms with Gasteiger partial charge in [-0.2, -0.15) is 6.20 Å². The molecule has 4 heterocycles. The summed E-state index contributed by atoms with van der Waals surface area (Å²) in [5, 5.41) is 57.1. The summed E-state index contributed by atoms with van der Waals surface area (Å²) in [4.78, 5) is 25.2. The number of nitrogens with zero attached hydrogens (tertiary/aromatic N) is 7. The van der Waals surface area contributed by atoms with Crippen molar-refractivity contribution >= 4 is 168 Å². The molecule has 37 heteroatoms. The fourth-order valence-corrected chi connectivity index (χ4v) is 13.3. The van der Waals surface area contributed by atoms with Crippen molar-refractivity contribution in [2.45, 2.75) is 122 Å². The molecule has 17 nitrogen and oxygen atoms in total. The van der Waals surface area contributed by atoms with Crippen LogP contribution in [0.25, 0.3) is 27.4 Å². The number of hydrogen-bond donors (Lipinski definition) is 4. The van der Waals surface area contributed by atoms with E-state index >= 15 is 0 Å². The molecule has 6 N–H and O–H groups in total. The van der Waals surface area contributed by atoms with Crippen molar-refractivity contribution in [2.75, 3.05) is 120 Å². The van der Waals surface area contributed by atoms with Crippen LogP contribution in [0.15, 0.2) is 23.9 Å². The third-order valence-electron chi connectivity index (χ3n) is 11.8. The zero-order valence-electron chi connectivity index (χ0n) is 49.7. The summed E-state index contributed by atoms with van der Waals surface area (Å²) in [7, 11) is 0.549. The van der Waals surface area contributed by atoms with E-state index < -0.39 is 15.3 Å². The summed E-state index contributed by atoms with van der Waals surface area (Å²) < 4.78 is 0. The van der Waals surface area contributed by atoms with Crippen molar-refractivity contribution in [1.29, 1.82) is 0 Å². The summed E-state index contributed by atoms with van der Waals surface area (Å²) >= 11 is 0. The van der Waals surface area contributed by atoms with Gasteiger partial charge in [-0.15, -0.1) is 66.0 Å². The molecule has 0 bridgehead atoms. The van der Waals surface area contributed by atoms with Crippen LogP contribution in [0.3, 0.4) is 0 Å². The molecule has 4 rings (SSSR count). The molecule has 0 amide bonds. The molecule has 0 aromatic heterocycles. The molecule has 4 aliphatic heterocycles. The Hall–Kier alpha value is 7.74. The minimum atomic E-state index is -1.50. The molecule has 0 saturated carbocycles. The quantitative estimate of drug-likeness (QED) is 0.0560. The van der Waals surface area contributed by atoms with Gasteiger partial charge in [-0.1, -0.05) is 56.3 Å². The van der Waals surface area contributed by atoms with Crippen molar-refractivity contribution in [3.05, 3.63) is 76.5 Å². The van der Waals surface area contributed by atoms with Crippen molar-refractivity contribution in [1.82, 2.24) is 0 Å². The monoisotopic (exact) mass is 3030 g/mol. The van der Waals surface area contributed by atoms with Gasteiger partial charge in [-0.25, -0.2) is 10.4 Å². The Morgan fingerprint density at radius 2 is 0.605 bits per heavy atom. The van der Waals surface area contributed by atoms with Crippen LogP contribution in [0.5, 0.6) is 0 Å². The molecule has 3 fully saturated rings. The standard InChI is InChI=1S/C10H18N2.C10H14N2.4C6H15P.Co.H2NO3.2HNO3.H2N.7Re.8HSe/c2*1-5-11-6-2-9(1)10-3-7-12-8-4-10;4*1-4-7(5-2)6-3;;3*2-1(3)4;;;;;;;;;;;;;;;;/h9-10H,1-8H2;1-2,5,10H,3-4,6-8H2;4*4-6H2,1-3H3;;(H2,2,3,4);2*(H,2,3,4);1H2;;;;;;;;8*1H/q2*-2;;;;;+3;+1;;;-1;;;;;;;;;;;;;;;/p+4. The molecule has 81 heavy (non-hydrogen) atoms. The van der Waals surface area contributed by atoms with Crippen LogP contribution in [-0.4, -0.2) is 292 Å². The van der Waals surface area contributed by atoms with Gasteiger partial charge in [0.05, 0.1) is 73.9 Å². The second-order valence-electron chi connectivity index (χ2n) is 15.3. The molecular weight excluding hydrogens is 2900 g/mol. The van der Waals surface area contributed by atoms with Crippen molar-refractivity contribution in [3.63, 3.8) is 0 Å². The Bertz CT molecular complexity index is 1010. The molecule has 0 aromatic rings. The molecule has 3 saturated heterocycles. The summed E-state index contributed by atoms with van der Waals surface area (Å²) in [5.74, 6) is 2.73. The molecule has 0 unspecified atom stereocenters. The van der Waals surface area contributed by atoms with Crippen molar-refractivity contribution in [3.8, 4) is 0 Å². The second-order valence-corrected chi connectivity index (χ2v) is 29.8. The van der Waals surface area contributed by atoms with Crippen molar-refractivity contribution < 1.29 is 196 Å². The third-order valence-corrected chi connectivity index (χ3v) is 23.8. The van der Waals surface area contributed by atoms with Crippen LogP contribution in [0, 0.1) is 42.9 Å². The van der Waals surface area contributed by atoms with E-state index in [2.05, 4.69) is 117 Å². The first-order valence-corrected chi connectivity index (χ1v) is 32.8. The van der Waals surface area contributed by atoms with Gasteiger partial charge >= 0.3 is 158 Å². The maximum absolute atomic E-state index is 8.47. The summed E-state index contributed by atoms with van der Waals surface area (Å²) in [5.41, 5.74) is 1.49. The first-order chi connectivity index (χ1) is 30.5. The van der Waals surface area contributed by atoms with Gasteiger partial charge in [0.15, 0.2) is 0 Å². The van der Waals surface area contributed by atoms with Gasteiger partial charge < -0.3 is 37.8 Å². The third kappa shape index (κ3) is 125. The fraction of sp³-hybridized carbons (Fsp3) is 0.909. The van der Waals surface area contributed by atoms with E-state index in [9.17, 15) is 0 Å². The first-order valence-electron chi connectivity index (χ1n) is 24.3. The van der Waals surface area contributed by atoms with E-state index in [0.717, 1.165) is 63.6 Å². The molecule has 0 spiro atoms. The Kier molecular flexibility index (Phi) is 236. The Morgan fingerprint density at radius 1 is 0.432 bits per heavy atom. The van der Waals surface area contributed by atoms with E-state index in [0.29, 0.717) is 0 Å². The predicted molar refractivity (Wildman–Crippen MR) is 350 cm³/mol. The van der Waals surface area contributed by atoms with Crippen molar-refractivity contribution in [2.24, 2.45) is 17.8 Å². The van der Waals surface area contributed by atoms with Crippen LogP contribution < -0.4 is 0 Å². The molecule has 0 aliphatic carbocycles. The van der Waals surface area contributed by atoms with E-state index in [1.807, 2.05) is 6.20 Å². The maximum atomic E-state index is 8.47. The minimum absolute atomic E-state index is 0. The van der Waals surface area contributed by atoms with E-state index in [-0.39, 0.29) is 334 Å². The SMILES string of the molecule is C1=CC(C2CC[N-]CC2)=CC[N-]1.C1CC(C2CC[N-]CC2)CC[N-]1.CC[PH+](CC)CC.CC[PH+](CC)CC.CC[PH+](CC)CC.CC[PH+](CC)CC.O=[N+](O)O.O=[N+]([O-])O.O=[N+]([O-])O.[Co+3].[NH2-].[Re].[Re].[Re].[Re].[Re].[Re].[Re].[SeH].[SeH].[SeH].[SeH].[SeH].[SeH].[SeH].[SeH]. The van der Waals surface area contributed by atoms with Gasteiger partial charge in [0.2, 0.25) is 0 Å². The fourth-order valence-electron chi connectivity index (χ4n) is 7.30. The summed E-state index contributed by atoms with van der Waals surface area (Å²) in [6.07, 6.45) is 31.7. The Balaban J connectivity index is -0.0000000241. The number of nitrogens with two attached hydrogens (primary N) is 1. The van der Waals surface area contributed by atoms with E-state index in [4.69, 9.17) is 46.0 Å². The zero-order chi connectivity index (χ0) is 50.0. The first kappa shape index (κ1) is 153. The van der Waals surface area contributed by atoms with Gasteiger partial charge in [0.25, 0.3) is 10.2 Å². The van der Waals surface area contributed by atoms with Crippen LogP contribution in [0.2, 0.25) is 0 Å².